The predicted molar refractivity (Wildman–Crippen MR) is 49.7 cm³/mol. The summed E-state index contributed by atoms with van der Waals surface area (Å²) in [7, 11) is 1.59. The lowest BCUT2D eigenvalue weighted by Gasteiger charge is -2.06. The summed E-state index contributed by atoms with van der Waals surface area (Å²) < 4.78 is 4.97. The zero-order valence-electron chi connectivity index (χ0n) is 8.10. The first-order chi connectivity index (χ1) is 6.20. The van der Waals surface area contributed by atoms with E-state index in [0.717, 1.165) is 16.8 Å². The van der Waals surface area contributed by atoms with Crippen LogP contribution in [0.25, 0.3) is 0 Å². The Morgan fingerprint density at radius 1 is 1.57 bits per heavy atom. The van der Waals surface area contributed by atoms with Gasteiger partial charge in [-0.25, -0.2) is 4.98 Å². The van der Waals surface area contributed by atoms with Gasteiger partial charge in [-0.05, 0) is 0 Å². The van der Waals surface area contributed by atoms with Crippen LogP contribution in [0.1, 0.15) is 16.8 Å². The van der Waals surface area contributed by atoms with E-state index in [-0.39, 0.29) is 18.2 Å². The number of aromatic hydroxyl groups is 1. The number of halogens is 2. The summed E-state index contributed by atoms with van der Waals surface area (Å²) in [6, 6.07) is 0. The van der Waals surface area contributed by atoms with E-state index >= 15 is 0 Å². The molecule has 0 unspecified atom stereocenters. The van der Waals surface area contributed by atoms with Gasteiger partial charge >= 0.3 is 0 Å². The minimum absolute atomic E-state index is 0. The van der Waals surface area contributed by atoms with Crippen molar-refractivity contribution in [1.82, 2.24) is 0 Å². The minimum atomic E-state index is 0. The van der Waals surface area contributed by atoms with E-state index in [2.05, 4.69) is 4.98 Å². The van der Waals surface area contributed by atoms with Crippen LogP contribution in [0.4, 0.5) is 0 Å². The highest BCUT2D eigenvalue weighted by Gasteiger charge is 2.14. The van der Waals surface area contributed by atoms with E-state index in [9.17, 15) is 5.11 Å². The Balaban J connectivity index is 0.00000169. The number of aryl methyl sites for hydroxylation is 1. The van der Waals surface area contributed by atoms with E-state index < -0.39 is 0 Å². The van der Waals surface area contributed by atoms with Crippen LogP contribution in [0.2, 0.25) is 0 Å². The zero-order valence-corrected chi connectivity index (χ0v) is 9.61. The highest BCUT2D eigenvalue weighted by molar-refractivity contribution is 6.17. The van der Waals surface area contributed by atoms with Crippen LogP contribution in [-0.2, 0) is 17.2 Å². The van der Waals surface area contributed by atoms with E-state index in [1.54, 1.807) is 20.2 Å². The van der Waals surface area contributed by atoms with Gasteiger partial charge in [-0.2, -0.15) is 0 Å². The number of nitrogens with one attached hydrogen (secondary N) is 1. The monoisotopic (exact) mass is 237 g/mol. The van der Waals surface area contributed by atoms with Gasteiger partial charge in [0.25, 0.3) is 0 Å². The molecule has 0 aliphatic carbocycles. The summed E-state index contributed by atoms with van der Waals surface area (Å²) in [6.45, 7) is 2.18. The molecule has 5 heteroatoms. The third-order valence-corrected chi connectivity index (χ3v) is 2.21. The number of rotatable bonds is 3. The second-order valence-electron chi connectivity index (χ2n) is 2.83. The summed E-state index contributed by atoms with van der Waals surface area (Å²) in [4.78, 5) is 2.93. The van der Waals surface area contributed by atoms with Crippen LogP contribution in [0.3, 0.4) is 0 Å². The Kier molecular flexibility index (Phi) is 5.84. The van der Waals surface area contributed by atoms with Crippen molar-refractivity contribution in [1.29, 1.82) is 0 Å². The van der Waals surface area contributed by atoms with Gasteiger partial charge in [-0.15, -0.1) is 11.6 Å². The fourth-order valence-corrected chi connectivity index (χ4v) is 1.39. The lowest BCUT2D eigenvalue weighted by molar-refractivity contribution is -0.389. The fourth-order valence-electron chi connectivity index (χ4n) is 1.15. The molecule has 14 heavy (non-hydrogen) atoms. The van der Waals surface area contributed by atoms with Gasteiger partial charge in [0.2, 0.25) is 5.69 Å². The first-order valence-electron chi connectivity index (χ1n) is 3.97. The topological polar surface area (TPSA) is 43.6 Å². The van der Waals surface area contributed by atoms with Crippen LogP contribution < -0.4 is 17.4 Å². The quantitative estimate of drug-likeness (QED) is 0.645. The van der Waals surface area contributed by atoms with Gasteiger partial charge in [0.1, 0.15) is 0 Å². The van der Waals surface area contributed by atoms with Crippen LogP contribution in [0.5, 0.6) is 5.75 Å². The van der Waals surface area contributed by atoms with Crippen molar-refractivity contribution in [3.63, 3.8) is 0 Å². The van der Waals surface area contributed by atoms with Crippen molar-refractivity contribution in [2.24, 2.45) is 0 Å². The molecule has 0 aliphatic rings. The average molecular weight is 238 g/mol. The molecule has 0 spiro atoms. The normalized spacial score (nSPS) is 9.64. The molecule has 0 radical (unpaired) electrons. The first-order valence-corrected chi connectivity index (χ1v) is 4.51. The van der Waals surface area contributed by atoms with Gasteiger partial charge in [0.05, 0.1) is 12.5 Å². The van der Waals surface area contributed by atoms with Gasteiger partial charge < -0.3 is 22.3 Å². The van der Waals surface area contributed by atoms with E-state index in [1.165, 1.54) is 0 Å². The second-order valence-corrected chi connectivity index (χ2v) is 3.10. The minimum Gasteiger partial charge on any atom is -1.00 e. The summed E-state index contributed by atoms with van der Waals surface area (Å²) in [6.07, 6.45) is 1.79. The van der Waals surface area contributed by atoms with Crippen molar-refractivity contribution in [3.05, 3.63) is 23.0 Å². The van der Waals surface area contributed by atoms with Gasteiger partial charge in [0.15, 0.2) is 11.9 Å². The summed E-state index contributed by atoms with van der Waals surface area (Å²) >= 11 is 5.71. The Labute approximate surface area is 94.5 Å². The van der Waals surface area contributed by atoms with Crippen LogP contribution in [0, 0.1) is 6.92 Å². The molecule has 0 fully saturated rings. The molecule has 1 heterocycles. The van der Waals surface area contributed by atoms with Crippen molar-refractivity contribution >= 4 is 11.6 Å². The Morgan fingerprint density at radius 3 is 2.71 bits per heavy atom. The number of ether oxygens (including phenoxy) is 1. The maximum Gasteiger partial charge on any atom is 0.219 e. The van der Waals surface area contributed by atoms with Crippen molar-refractivity contribution in [3.8, 4) is 5.75 Å². The summed E-state index contributed by atoms with van der Waals surface area (Å²) in [5.41, 5.74) is 2.35. The number of hydrogen-bond donors (Lipinski definition) is 1. The van der Waals surface area contributed by atoms with Gasteiger partial charge in [-0.1, -0.05) is 0 Å². The van der Waals surface area contributed by atoms with Gasteiger partial charge in [-0.3, -0.25) is 0 Å². The second kappa shape index (κ2) is 6.06. The molecule has 0 amide bonds. The molecule has 0 saturated carbocycles. The number of aromatic amines is 1. The van der Waals surface area contributed by atoms with Crippen LogP contribution >= 0.6 is 11.6 Å². The molecule has 1 aromatic rings. The lowest BCUT2D eigenvalue weighted by atomic mass is 10.1. The summed E-state index contributed by atoms with van der Waals surface area (Å²) in [5, 5.41) is 9.67. The number of pyridine rings is 1. The highest BCUT2D eigenvalue weighted by Crippen LogP contribution is 2.23. The first kappa shape index (κ1) is 13.5. The zero-order chi connectivity index (χ0) is 9.84. The average Bonchev–Trinajstić information content (AvgIpc) is 2.14. The largest absolute Gasteiger partial charge is 1.00 e. The number of aromatic nitrogens is 1. The maximum absolute atomic E-state index is 9.67. The lowest BCUT2D eigenvalue weighted by Crippen LogP contribution is -3.00. The van der Waals surface area contributed by atoms with Gasteiger partial charge in [0, 0.05) is 25.2 Å². The molecule has 0 aliphatic heterocycles. The molecule has 1 aromatic heterocycles. The Hall–Kier alpha value is -0.510. The van der Waals surface area contributed by atoms with Crippen LogP contribution in [-0.4, -0.2) is 12.2 Å². The van der Waals surface area contributed by atoms with E-state index in [0.29, 0.717) is 12.5 Å². The molecule has 0 aromatic carbocycles. The molecule has 0 atom stereocenters. The summed E-state index contributed by atoms with van der Waals surface area (Å²) in [5.74, 6) is 0.600. The van der Waals surface area contributed by atoms with Crippen molar-refractivity contribution in [2.45, 2.75) is 19.4 Å². The standard InChI is InChI=1S/C9H12ClNO2.ClH/c1-6-9(12)8(5-13-2)7(3-10)4-11-6;/h4,12H,3,5H2,1-2H3;1H. The number of hydrogen-bond acceptors (Lipinski definition) is 2. The van der Waals surface area contributed by atoms with E-state index in [1.807, 2.05) is 0 Å². The fraction of sp³-hybridized carbons (Fsp3) is 0.444. The van der Waals surface area contributed by atoms with E-state index in [4.69, 9.17) is 16.3 Å². The predicted octanol–water partition coefficient (Wildman–Crippen LogP) is -1.60. The number of H-pyrrole nitrogens is 1. The number of alkyl halides is 1. The molecule has 3 nitrogen and oxygen atoms in total. The third kappa shape index (κ3) is 2.74. The molecular weight excluding hydrogens is 225 g/mol. The smallest absolute Gasteiger partial charge is 0.219 e. The maximum atomic E-state index is 9.67. The van der Waals surface area contributed by atoms with Crippen molar-refractivity contribution in [2.75, 3.05) is 7.11 Å². The molecule has 1 rings (SSSR count). The van der Waals surface area contributed by atoms with Crippen molar-refractivity contribution < 1.29 is 27.2 Å². The molecule has 0 bridgehead atoms. The third-order valence-electron chi connectivity index (χ3n) is 1.92. The SMILES string of the molecule is COCc1c(CCl)c[nH+]c(C)c1O.[Cl-]. The molecule has 0 saturated heterocycles. The Morgan fingerprint density at radius 2 is 2.21 bits per heavy atom. The highest BCUT2D eigenvalue weighted by atomic mass is 35.5. The molecule has 2 N–H and O–H groups in total. The molecular formula is C9H13Cl2NO2. The Bertz CT molecular complexity index is 305. The van der Waals surface area contributed by atoms with Crippen LogP contribution in [0.15, 0.2) is 6.20 Å². The molecule has 80 valence electrons. The number of methoxy groups -OCH3 is 1.